The summed E-state index contributed by atoms with van der Waals surface area (Å²) in [4.78, 5) is 27.0. The molecule has 3 aromatic rings. The number of urea groups is 1. The summed E-state index contributed by atoms with van der Waals surface area (Å²) in [5.41, 5.74) is 3.33. The predicted octanol–water partition coefficient (Wildman–Crippen LogP) is 3.46. The molecule has 0 spiro atoms. The first-order valence-corrected chi connectivity index (χ1v) is 10.7. The second kappa shape index (κ2) is 9.72. The van der Waals surface area contributed by atoms with E-state index in [4.69, 9.17) is 9.47 Å². The van der Waals surface area contributed by atoms with Crippen molar-refractivity contribution in [3.8, 4) is 11.4 Å². The number of halogens is 1. The van der Waals surface area contributed by atoms with Crippen LogP contribution in [0.4, 0.5) is 9.18 Å². The summed E-state index contributed by atoms with van der Waals surface area (Å²) in [6.45, 7) is 2.93. The Balaban J connectivity index is 1.56. The number of esters is 1. The standard InChI is InChI=1S/C24H25FN4O4/c1-3-33-23(30)22-20-15-28(24(31)26-14-16-4-6-17(25)7-5-16)13-12-21(20)29(27-22)18-8-10-19(32-2)11-9-18/h4-11H,3,12-15H2,1-2H3,(H,26,31). The molecule has 1 N–H and O–H groups in total. The molecular formula is C24H25FN4O4. The van der Waals surface area contributed by atoms with Crippen molar-refractivity contribution in [1.29, 1.82) is 0 Å². The van der Waals surface area contributed by atoms with E-state index in [9.17, 15) is 14.0 Å². The number of nitrogens with zero attached hydrogens (tertiary/aromatic N) is 3. The van der Waals surface area contributed by atoms with Crippen molar-refractivity contribution in [2.45, 2.75) is 26.4 Å². The molecule has 172 valence electrons. The Morgan fingerprint density at radius 2 is 1.85 bits per heavy atom. The highest BCUT2D eigenvalue weighted by atomic mass is 19.1. The Morgan fingerprint density at radius 1 is 1.12 bits per heavy atom. The lowest BCUT2D eigenvalue weighted by molar-refractivity contribution is 0.0516. The van der Waals surface area contributed by atoms with Crippen LogP contribution in [0.25, 0.3) is 5.69 Å². The molecule has 2 amide bonds. The fraction of sp³-hybridized carbons (Fsp3) is 0.292. The zero-order valence-corrected chi connectivity index (χ0v) is 18.5. The zero-order valence-electron chi connectivity index (χ0n) is 18.5. The van der Waals surface area contributed by atoms with Crippen LogP contribution in [0.3, 0.4) is 0 Å². The molecule has 33 heavy (non-hydrogen) atoms. The third kappa shape index (κ3) is 4.82. The van der Waals surface area contributed by atoms with Gasteiger partial charge in [0.2, 0.25) is 0 Å². The second-order valence-corrected chi connectivity index (χ2v) is 7.56. The lowest BCUT2D eigenvalue weighted by atomic mass is 10.0. The fourth-order valence-electron chi connectivity index (χ4n) is 3.78. The SMILES string of the molecule is CCOC(=O)c1nn(-c2ccc(OC)cc2)c2c1CN(C(=O)NCc1ccc(F)cc1)CC2. The van der Waals surface area contributed by atoms with Crippen LogP contribution in [0.15, 0.2) is 48.5 Å². The molecule has 0 fully saturated rings. The van der Waals surface area contributed by atoms with E-state index < -0.39 is 5.97 Å². The average molecular weight is 452 g/mol. The molecule has 0 aliphatic carbocycles. The fourth-order valence-corrected chi connectivity index (χ4v) is 3.78. The summed E-state index contributed by atoms with van der Waals surface area (Å²) in [7, 11) is 1.60. The van der Waals surface area contributed by atoms with E-state index in [1.54, 1.807) is 35.7 Å². The van der Waals surface area contributed by atoms with Crippen LogP contribution >= 0.6 is 0 Å². The maximum atomic E-state index is 13.1. The Kier molecular flexibility index (Phi) is 6.58. The van der Waals surface area contributed by atoms with Crippen molar-refractivity contribution in [2.75, 3.05) is 20.3 Å². The molecule has 2 heterocycles. The number of rotatable bonds is 6. The summed E-state index contributed by atoms with van der Waals surface area (Å²) in [5, 5.41) is 7.39. The Hall–Kier alpha value is -3.88. The third-order valence-electron chi connectivity index (χ3n) is 5.49. The van der Waals surface area contributed by atoms with E-state index >= 15 is 0 Å². The lowest BCUT2D eigenvalue weighted by Crippen LogP contribution is -2.42. The summed E-state index contributed by atoms with van der Waals surface area (Å²) in [6, 6.07) is 13.1. The molecule has 0 saturated carbocycles. The first kappa shape index (κ1) is 22.3. The van der Waals surface area contributed by atoms with Gasteiger partial charge in [-0.25, -0.2) is 18.7 Å². The van der Waals surface area contributed by atoms with Gasteiger partial charge in [0.15, 0.2) is 5.69 Å². The Labute approximate surface area is 190 Å². The highest BCUT2D eigenvalue weighted by Gasteiger charge is 2.31. The van der Waals surface area contributed by atoms with Gasteiger partial charge in [-0.2, -0.15) is 5.10 Å². The van der Waals surface area contributed by atoms with Crippen LogP contribution in [0, 0.1) is 5.82 Å². The Bertz CT molecular complexity index is 1140. The van der Waals surface area contributed by atoms with Crippen LogP contribution in [0.2, 0.25) is 0 Å². The lowest BCUT2D eigenvalue weighted by Gasteiger charge is -2.28. The Morgan fingerprint density at radius 3 is 2.52 bits per heavy atom. The van der Waals surface area contributed by atoms with E-state index in [1.165, 1.54) is 12.1 Å². The molecule has 8 nitrogen and oxygen atoms in total. The number of hydrogen-bond acceptors (Lipinski definition) is 5. The number of fused-ring (bicyclic) bond motifs is 1. The maximum absolute atomic E-state index is 13.1. The number of amides is 2. The second-order valence-electron chi connectivity index (χ2n) is 7.56. The molecule has 2 aromatic carbocycles. The number of hydrogen-bond donors (Lipinski definition) is 1. The van der Waals surface area contributed by atoms with E-state index in [1.807, 2.05) is 24.3 Å². The number of carbonyl (C=O) groups is 2. The number of carbonyl (C=O) groups excluding carboxylic acids is 2. The quantitative estimate of drug-likeness (QED) is 0.579. The van der Waals surface area contributed by atoms with Gasteiger partial charge in [-0.3, -0.25) is 0 Å². The summed E-state index contributed by atoms with van der Waals surface area (Å²) in [6.07, 6.45) is 0.526. The van der Waals surface area contributed by atoms with E-state index in [0.717, 1.165) is 22.7 Å². The van der Waals surface area contributed by atoms with Gasteiger partial charge in [0, 0.05) is 25.1 Å². The molecule has 0 radical (unpaired) electrons. The maximum Gasteiger partial charge on any atom is 0.359 e. The normalized spacial score (nSPS) is 12.8. The highest BCUT2D eigenvalue weighted by molar-refractivity contribution is 5.89. The number of aromatic nitrogens is 2. The van der Waals surface area contributed by atoms with Crippen LogP contribution in [0.1, 0.15) is 34.2 Å². The van der Waals surface area contributed by atoms with Gasteiger partial charge in [0.05, 0.1) is 31.6 Å². The van der Waals surface area contributed by atoms with Crippen molar-refractivity contribution in [3.63, 3.8) is 0 Å². The van der Waals surface area contributed by atoms with Crippen molar-refractivity contribution < 1.29 is 23.5 Å². The van der Waals surface area contributed by atoms with Crippen LogP contribution in [-0.4, -0.2) is 46.9 Å². The number of ether oxygens (including phenoxy) is 2. The first-order valence-electron chi connectivity index (χ1n) is 10.7. The molecule has 1 aliphatic rings. The predicted molar refractivity (Wildman–Crippen MR) is 119 cm³/mol. The smallest absolute Gasteiger partial charge is 0.359 e. The molecule has 0 atom stereocenters. The summed E-state index contributed by atoms with van der Waals surface area (Å²) < 4.78 is 25.2. The average Bonchev–Trinajstić information content (AvgIpc) is 3.22. The number of methoxy groups -OCH3 is 1. The van der Waals surface area contributed by atoms with Gasteiger partial charge < -0.3 is 19.7 Å². The van der Waals surface area contributed by atoms with Crippen LogP contribution < -0.4 is 10.1 Å². The monoisotopic (exact) mass is 452 g/mol. The molecule has 1 aromatic heterocycles. The van der Waals surface area contributed by atoms with Gasteiger partial charge in [0.25, 0.3) is 0 Å². The minimum absolute atomic E-state index is 0.207. The largest absolute Gasteiger partial charge is 0.497 e. The summed E-state index contributed by atoms with van der Waals surface area (Å²) in [5.74, 6) is -0.127. The number of benzene rings is 2. The van der Waals surface area contributed by atoms with Gasteiger partial charge in [-0.05, 0) is 48.9 Å². The highest BCUT2D eigenvalue weighted by Crippen LogP contribution is 2.27. The van der Waals surface area contributed by atoms with E-state index in [-0.39, 0.29) is 37.2 Å². The van der Waals surface area contributed by atoms with Gasteiger partial charge in [0.1, 0.15) is 11.6 Å². The van der Waals surface area contributed by atoms with Gasteiger partial charge in [-0.15, -0.1) is 0 Å². The van der Waals surface area contributed by atoms with Crippen molar-refractivity contribution in [3.05, 3.63) is 76.9 Å². The molecule has 4 rings (SSSR count). The van der Waals surface area contributed by atoms with Crippen molar-refractivity contribution >= 4 is 12.0 Å². The molecule has 9 heteroatoms. The molecule has 1 aliphatic heterocycles. The first-order chi connectivity index (χ1) is 16.0. The van der Waals surface area contributed by atoms with Gasteiger partial charge >= 0.3 is 12.0 Å². The van der Waals surface area contributed by atoms with E-state index in [0.29, 0.717) is 18.5 Å². The third-order valence-corrected chi connectivity index (χ3v) is 5.49. The van der Waals surface area contributed by atoms with Crippen molar-refractivity contribution in [1.82, 2.24) is 20.0 Å². The van der Waals surface area contributed by atoms with Gasteiger partial charge in [-0.1, -0.05) is 12.1 Å². The number of nitrogens with one attached hydrogen (secondary N) is 1. The molecule has 0 bridgehead atoms. The minimum atomic E-state index is -0.519. The van der Waals surface area contributed by atoms with Crippen LogP contribution in [0.5, 0.6) is 5.75 Å². The molecule has 0 saturated heterocycles. The van der Waals surface area contributed by atoms with Crippen LogP contribution in [-0.2, 0) is 24.2 Å². The van der Waals surface area contributed by atoms with Crippen molar-refractivity contribution in [2.24, 2.45) is 0 Å². The summed E-state index contributed by atoms with van der Waals surface area (Å²) >= 11 is 0. The topological polar surface area (TPSA) is 85.7 Å². The zero-order chi connectivity index (χ0) is 23.4. The molecule has 0 unspecified atom stereocenters. The minimum Gasteiger partial charge on any atom is -0.497 e. The van der Waals surface area contributed by atoms with E-state index in [2.05, 4.69) is 10.4 Å². The molecular weight excluding hydrogens is 427 g/mol.